The van der Waals surface area contributed by atoms with Crippen molar-refractivity contribution in [1.82, 2.24) is 9.55 Å². The molecule has 0 aliphatic carbocycles. The maximum absolute atomic E-state index is 11.0. The maximum atomic E-state index is 11.0. The minimum atomic E-state index is -0.167. The van der Waals surface area contributed by atoms with E-state index in [0.717, 1.165) is 0 Å². The molecule has 0 atom stereocenters. The Labute approximate surface area is 69.5 Å². The van der Waals surface area contributed by atoms with Gasteiger partial charge in [-0.05, 0) is 0 Å². The van der Waals surface area contributed by atoms with Crippen LogP contribution in [0.4, 0.5) is 0 Å². The van der Waals surface area contributed by atoms with Crippen LogP contribution in [0.2, 0.25) is 0 Å². The van der Waals surface area contributed by atoms with Crippen molar-refractivity contribution in [3.8, 4) is 0 Å². The van der Waals surface area contributed by atoms with Crippen LogP contribution in [0.15, 0.2) is 24.8 Å². The van der Waals surface area contributed by atoms with Crippen LogP contribution in [0.5, 0.6) is 0 Å². The van der Waals surface area contributed by atoms with Crippen LogP contribution < -0.4 is 0 Å². The van der Waals surface area contributed by atoms with Gasteiger partial charge in [0.2, 0.25) is 0 Å². The molecular weight excluding hydrogens is 156 g/mol. The van der Waals surface area contributed by atoms with Crippen molar-refractivity contribution in [3.05, 3.63) is 24.8 Å². The molecule has 0 bridgehead atoms. The summed E-state index contributed by atoms with van der Waals surface area (Å²) in [5, 5.41) is 0. The van der Waals surface area contributed by atoms with Crippen molar-refractivity contribution in [2.75, 3.05) is 0 Å². The van der Waals surface area contributed by atoms with E-state index >= 15 is 0 Å². The zero-order valence-corrected chi connectivity index (χ0v) is 6.60. The fourth-order valence-corrected chi connectivity index (χ4v) is 0.851. The molecule has 1 heterocycles. The second kappa shape index (κ2) is 3.61. The van der Waals surface area contributed by atoms with E-state index < -0.39 is 0 Å². The summed E-state index contributed by atoms with van der Waals surface area (Å²) in [5.74, 6) is -0.167. The molecule has 0 spiro atoms. The van der Waals surface area contributed by atoms with Gasteiger partial charge in [-0.1, -0.05) is 0 Å². The predicted octanol–water partition coefficient (Wildman–Crippen LogP) is 0.512. The number of hydrogen-bond acceptors (Lipinski definition) is 3. The summed E-state index contributed by atoms with van der Waals surface area (Å²) in [6, 6.07) is 0. The molecule has 0 N–H and O–H groups in total. The minimum absolute atomic E-state index is 0.167. The molecule has 1 aromatic rings. The molecule has 12 heavy (non-hydrogen) atoms. The number of nitrogens with zero attached hydrogens (tertiary/aromatic N) is 2. The summed E-state index contributed by atoms with van der Waals surface area (Å²) in [7, 11) is 0. The van der Waals surface area contributed by atoms with E-state index in [1.807, 2.05) is 0 Å². The Morgan fingerprint density at radius 3 is 2.75 bits per heavy atom. The van der Waals surface area contributed by atoms with Crippen molar-refractivity contribution in [3.63, 3.8) is 0 Å². The van der Waals surface area contributed by atoms with E-state index in [1.54, 1.807) is 12.4 Å². The number of aromatic nitrogens is 2. The Morgan fingerprint density at radius 1 is 1.58 bits per heavy atom. The van der Waals surface area contributed by atoms with Gasteiger partial charge in [0.25, 0.3) is 0 Å². The molecule has 1 aromatic heterocycles. The second-order valence-corrected chi connectivity index (χ2v) is 2.21. The van der Waals surface area contributed by atoms with Gasteiger partial charge in [0.1, 0.15) is 6.29 Å². The van der Waals surface area contributed by atoms with Crippen LogP contribution in [0.1, 0.15) is 6.92 Å². The molecule has 0 radical (unpaired) electrons. The quantitative estimate of drug-likeness (QED) is 0.483. The first-order valence-corrected chi connectivity index (χ1v) is 3.40. The summed E-state index contributed by atoms with van der Waals surface area (Å²) >= 11 is 0. The summed E-state index contributed by atoms with van der Waals surface area (Å²) in [6.45, 7) is 1.40. The molecule has 0 unspecified atom stereocenters. The molecule has 1 rings (SSSR count). The maximum Gasteiger partial charge on any atom is 0.176 e. The third-order valence-corrected chi connectivity index (χ3v) is 1.37. The summed E-state index contributed by atoms with van der Waals surface area (Å²) in [5.41, 5.74) is 0.322. The summed E-state index contributed by atoms with van der Waals surface area (Å²) in [6.07, 6.45) is 6.41. The first-order valence-electron chi connectivity index (χ1n) is 3.40. The topological polar surface area (TPSA) is 52.0 Å². The summed E-state index contributed by atoms with van der Waals surface area (Å²) in [4.78, 5) is 24.9. The van der Waals surface area contributed by atoms with Gasteiger partial charge in [0.15, 0.2) is 5.78 Å². The lowest BCUT2D eigenvalue weighted by Crippen LogP contribution is -2.03. The lowest BCUT2D eigenvalue weighted by atomic mass is 10.3. The first kappa shape index (κ1) is 8.39. The van der Waals surface area contributed by atoms with Gasteiger partial charge in [-0.2, -0.15) is 0 Å². The number of carbonyl (C=O) groups excluding carboxylic acids is 2. The Bertz CT molecular complexity index is 312. The van der Waals surface area contributed by atoms with Crippen molar-refractivity contribution >= 4 is 17.8 Å². The molecule has 0 aromatic carbocycles. The number of ketones is 1. The van der Waals surface area contributed by atoms with Crippen LogP contribution in [0.25, 0.3) is 5.70 Å². The van der Waals surface area contributed by atoms with Crippen LogP contribution in [-0.2, 0) is 9.59 Å². The Kier molecular flexibility index (Phi) is 2.53. The number of rotatable bonds is 3. The van der Waals surface area contributed by atoms with Gasteiger partial charge >= 0.3 is 0 Å². The van der Waals surface area contributed by atoms with Crippen LogP contribution in [0, 0.1) is 0 Å². The third-order valence-electron chi connectivity index (χ3n) is 1.37. The van der Waals surface area contributed by atoms with Crippen molar-refractivity contribution < 1.29 is 9.59 Å². The smallest absolute Gasteiger partial charge is 0.176 e. The molecular formula is C8H8N2O2. The zero-order chi connectivity index (χ0) is 8.97. The Balaban J connectivity index is 3.04. The van der Waals surface area contributed by atoms with E-state index in [0.29, 0.717) is 12.0 Å². The fourth-order valence-electron chi connectivity index (χ4n) is 0.851. The lowest BCUT2D eigenvalue weighted by molar-refractivity contribution is -0.112. The molecule has 0 aliphatic heterocycles. The standard InChI is InChI=1S/C8H8N2O2/c1-7(12)8(2-5-11)10-4-3-9-6-10/h2-6H,1H3/b8-2+. The second-order valence-electron chi connectivity index (χ2n) is 2.21. The van der Waals surface area contributed by atoms with E-state index in [-0.39, 0.29) is 5.78 Å². The van der Waals surface area contributed by atoms with Gasteiger partial charge in [-0.25, -0.2) is 4.98 Å². The van der Waals surface area contributed by atoms with E-state index in [1.165, 1.54) is 23.9 Å². The zero-order valence-electron chi connectivity index (χ0n) is 6.60. The molecule has 4 heteroatoms. The van der Waals surface area contributed by atoms with Crippen LogP contribution in [0.3, 0.4) is 0 Å². The molecule has 0 fully saturated rings. The largest absolute Gasteiger partial charge is 0.303 e. The van der Waals surface area contributed by atoms with Crippen molar-refractivity contribution in [2.24, 2.45) is 0 Å². The molecule has 0 aliphatic rings. The van der Waals surface area contributed by atoms with Gasteiger partial charge in [0, 0.05) is 25.4 Å². The SMILES string of the molecule is CC(=O)/C(=C\C=O)n1ccnc1. The Morgan fingerprint density at radius 2 is 2.33 bits per heavy atom. The average Bonchev–Trinajstić information content (AvgIpc) is 2.51. The average molecular weight is 164 g/mol. The van der Waals surface area contributed by atoms with E-state index in [9.17, 15) is 9.59 Å². The number of aldehydes is 1. The van der Waals surface area contributed by atoms with Gasteiger partial charge < -0.3 is 4.57 Å². The number of Topliss-reactive ketones (excluding diaryl/α,β-unsaturated/α-hetero) is 1. The molecule has 0 amide bonds. The highest BCUT2D eigenvalue weighted by molar-refractivity contribution is 6.16. The van der Waals surface area contributed by atoms with Gasteiger partial charge in [0.05, 0.1) is 12.0 Å². The highest BCUT2D eigenvalue weighted by atomic mass is 16.1. The van der Waals surface area contributed by atoms with E-state index in [2.05, 4.69) is 4.98 Å². The van der Waals surface area contributed by atoms with Crippen LogP contribution >= 0.6 is 0 Å². The monoisotopic (exact) mass is 164 g/mol. The number of imidazole rings is 1. The summed E-state index contributed by atoms with van der Waals surface area (Å²) < 4.78 is 1.50. The normalized spacial score (nSPS) is 11.2. The van der Waals surface area contributed by atoms with Crippen molar-refractivity contribution in [1.29, 1.82) is 0 Å². The predicted molar refractivity (Wildman–Crippen MR) is 43.2 cm³/mol. The fraction of sp³-hybridized carbons (Fsp3) is 0.125. The highest BCUT2D eigenvalue weighted by Crippen LogP contribution is 2.03. The number of carbonyl (C=O) groups is 2. The lowest BCUT2D eigenvalue weighted by Gasteiger charge is -2.00. The molecule has 0 saturated carbocycles. The van der Waals surface area contributed by atoms with Crippen molar-refractivity contribution in [2.45, 2.75) is 6.92 Å². The van der Waals surface area contributed by atoms with Gasteiger partial charge in [-0.3, -0.25) is 9.59 Å². The third kappa shape index (κ3) is 1.66. The molecule has 0 saturated heterocycles. The number of hydrogen-bond donors (Lipinski definition) is 0. The van der Waals surface area contributed by atoms with E-state index in [4.69, 9.17) is 0 Å². The van der Waals surface area contributed by atoms with Crippen LogP contribution in [-0.4, -0.2) is 21.6 Å². The Hall–Kier alpha value is -1.71. The minimum Gasteiger partial charge on any atom is -0.303 e. The molecule has 4 nitrogen and oxygen atoms in total. The molecule has 62 valence electrons. The van der Waals surface area contributed by atoms with Gasteiger partial charge in [-0.15, -0.1) is 0 Å². The highest BCUT2D eigenvalue weighted by Gasteiger charge is 2.03. The first-order chi connectivity index (χ1) is 5.75. The number of allylic oxidation sites excluding steroid dienone is 2.